The van der Waals surface area contributed by atoms with Crippen LogP contribution >= 0.6 is 0 Å². The van der Waals surface area contributed by atoms with Crippen molar-refractivity contribution in [2.75, 3.05) is 38.2 Å². The smallest absolute Gasteiger partial charge is 0.274 e. The second-order valence-electron chi connectivity index (χ2n) is 6.50. The van der Waals surface area contributed by atoms with Crippen LogP contribution in [-0.4, -0.2) is 53.5 Å². The molecule has 0 atom stereocenters. The highest BCUT2D eigenvalue weighted by atomic mass is 16.5. The lowest BCUT2D eigenvalue weighted by molar-refractivity contribution is 0.0741. The number of anilines is 1. The average molecular weight is 350 g/mol. The molecule has 1 saturated heterocycles. The number of benzene rings is 1. The van der Waals surface area contributed by atoms with Crippen LogP contribution in [0.2, 0.25) is 0 Å². The number of rotatable bonds is 3. The Morgan fingerprint density at radius 3 is 2.42 bits per heavy atom. The van der Waals surface area contributed by atoms with Crippen LogP contribution in [0.25, 0.3) is 5.65 Å². The maximum absolute atomic E-state index is 12.8. The summed E-state index contributed by atoms with van der Waals surface area (Å²) in [6, 6.07) is 13.9. The first-order valence-corrected chi connectivity index (χ1v) is 8.79. The predicted octanol–water partition coefficient (Wildman–Crippen LogP) is 2.61. The first-order valence-electron chi connectivity index (χ1n) is 8.79. The van der Waals surface area contributed by atoms with Crippen molar-refractivity contribution in [1.82, 2.24) is 14.3 Å². The van der Waals surface area contributed by atoms with Gasteiger partial charge in [-0.25, -0.2) is 4.98 Å². The van der Waals surface area contributed by atoms with Crippen LogP contribution < -0.4 is 9.64 Å². The van der Waals surface area contributed by atoms with Crippen molar-refractivity contribution in [3.05, 3.63) is 60.0 Å². The molecule has 6 nitrogen and oxygen atoms in total. The Hall–Kier alpha value is -3.02. The summed E-state index contributed by atoms with van der Waals surface area (Å²) in [5, 5.41) is 0. The zero-order valence-electron chi connectivity index (χ0n) is 15.1. The molecule has 1 amide bonds. The number of amides is 1. The van der Waals surface area contributed by atoms with Gasteiger partial charge in [-0.15, -0.1) is 0 Å². The van der Waals surface area contributed by atoms with Crippen LogP contribution in [0.4, 0.5) is 5.69 Å². The van der Waals surface area contributed by atoms with Gasteiger partial charge in [0.1, 0.15) is 17.1 Å². The van der Waals surface area contributed by atoms with E-state index in [9.17, 15) is 4.79 Å². The number of ether oxygens (including phenoxy) is 1. The summed E-state index contributed by atoms with van der Waals surface area (Å²) in [5.41, 5.74) is 3.54. The van der Waals surface area contributed by atoms with E-state index < -0.39 is 0 Å². The molecule has 1 aliphatic heterocycles. The molecule has 1 aliphatic rings. The number of imidazole rings is 1. The fourth-order valence-corrected chi connectivity index (χ4v) is 3.37. The van der Waals surface area contributed by atoms with Gasteiger partial charge in [0.25, 0.3) is 5.91 Å². The van der Waals surface area contributed by atoms with Crippen molar-refractivity contribution in [1.29, 1.82) is 0 Å². The summed E-state index contributed by atoms with van der Waals surface area (Å²) in [6.45, 7) is 5.01. The summed E-state index contributed by atoms with van der Waals surface area (Å²) in [6.07, 6.45) is 1.84. The molecule has 1 fully saturated rings. The maximum Gasteiger partial charge on any atom is 0.274 e. The second kappa shape index (κ2) is 6.71. The molecule has 3 aromatic rings. The van der Waals surface area contributed by atoms with Crippen molar-refractivity contribution in [2.45, 2.75) is 6.92 Å². The number of pyridine rings is 1. The highest BCUT2D eigenvalue weighted by Crippen LogP contribution is 2.21. The van der Waals surface area contributed by atoms with Crippen molar-refractivity contribution < 1.29 is 9.53 Å². The number of fused-ring (bicyclic) bond motifs is 1. The largest absolute Gasteiger partial charge is 0.497 e. The van der Waals surface area contributed by atoms with Gasteiger partial charge in [0.2, 0.25) is 0 Å². The third-order valence-electron chi connectivity index (χ3n) is 4.92. The molecule has 26 heavy (non-hydrogen) atoms. The zero-order chi connectivity index (χ0) is 18.1. The molecule has 0 saturated carbocycles. The quantitative estimate of drug-likeness (QED) is 0.729. The molecule has 3 heterocycles. The van der Waals surface area contributed by atoms with Gasteiger partial charge in [-0.1, -0.05) is 6.07 Å². The fourth-order valence-electron chi connectivity index (χ4n) is 3.37. The van der Waals surface area contributed by atoms with Gasteiger partial charge in [0, 0.05) is 43.8 Å². The molecule has 4 rings (SSSR count). The Balaban J connectivity index is 1.44. The average Bonchev–Trinajstić information content (AvgIpc) is 3.13. The van der Waals surface area contributed by atoms with Crippen LogP contribution in [0.3, 0.4) is 0 Å². The van der Waals surface area contributed by atoms with E-state index >= 15 is 0 Å². The van der Waals surface area contributed by atoms with E-state index in [0.29, 0.717) is 18.8 Å². The minimum absolute atomic E-state index is 0.00230. The lowest BCUT2D eigenvalue weighted by atomic mass is 10.2. The van der Waals surface area contributed by atoms with Crippen LogP contribution in [0.15, 0.2) is 48.7 Å². The van der Waals surface area contributed by atoms with E-state index in [1.54, 1.807) is 7.11 Å². The van der Waals surface area contributed by atoms with E-state index in [-0.39, 0.29) is 5.91 Å². The van der Waals surface area contributed by atoms with E-state index in [0.717, 1.165) is 35.9 Å². The normalized spacial score (nSPS) is 14.7. The Kier molecular flexibility index (Phi) is 4.24. The molecular weight excluding hydrogens is 328 g/mol. The number of carbonyl (C=O) groups excluding carboxylic acids is 1. The number of carbonyl (C=O) groups is 1. The molecular formula is C20H22N4O2. The fraction of sp³-hybridized carbons (Fsp3) is 0.300. The minimum Gasteiger partial charge on any atom is -0.497 e. The molecule has 6 heteroatoms. The molecule has 0 N–H and O–H groups in total. The van der Waals surface area contributed by atoms with Gasteiger partial charge in [-0.3, -0.25) is 4.79 Å². The molecule has 134 valence electrons. The lowest BCUT2D eigenvalue weighted by Crippen LogP contribution is -2.48. The Morgan fingerprint density at radius 1 is 1.04 bits per heavy atom. The molecule has 2 aromatic heterocycles. The van der Waals surface area contributed by atoms with Crippen LogP contribution in [0, 0.1) is 6.92 Å². The maximum atomic E-state index is 12.8. The number of methoxy groups -OCH3 is 1. The third kappa shape index (κ3) is 2.98. The summed E-state index contributed by atoms with van der Waals surface area (Å²) in [7, 11) is 1.67. The van der Waals surface area contributed by atoms with Gasteiger partial charge >= 0.3 is 0 Å². The topological polar surface area (TPSA) is 50.1 Å². The highest BCUT2D eigenvalue weighted by Gasteiger charge is 2.24. The number of aromatic nitrogens is 2. The van der Waals surface area contributed by atoms with Crippen molar-refractivity contribution >= 4 is 17.2 Å². The molecule has 0 unspecified atom stereocenters. The number of piperazine rings is 1. The van der Waals surface area contributed by atoms with Gasteiger partial charge in [-0.2, -0.15) is 0 Å². The number of hydrogen-bond acceptors (Lipinski definition) is 4. The predicted molar refractivity (Wildman–Crippen MR) is 101 cm³/mol. The van der Waals surface area contributed by atoms with E-state index in [1.807, 2.05) is 52.8 Å². The van der Waals surface area contributed by atoms with Crippen molar-refractivity contribution in [3.8, 4) is 5.75 Å². The van der Waals surface area contributed by atoms with Crippen LogP contribution in [-0.2, 0) is 0 Å². The lowest BCUT2D eigenvalue weighted by Gasteiger charge is -2.35. The number of hydrogen-bond donors (Lipinski definition) is 0. The van der Waals surface area contributed by atoms with Crippen molar-refractivity contribution in [3.63, 3.8) is 0 Å². The molecule has 0 aliphatic carbocycles. The Morgan fingerprint density at radius 2 is 1.77 bits per heavy atom. The highest BCUT2D eigenvalue weighted by molar-refractivity contribution is 5.93. The summed E-state index contributed by atoms with van der Waals surface area (Å²) in [4.78, 5) is 21.5. The Bertz CT molecular complexity index is 925. The summed E-state index contributed by atoms with van der Waals surface area (Å²) in [5.74, 6) is 0.854. The third-order valence-corrected chi connectivity index (χ3v) is 4.92. The van der Waals surface area contributed by atoms with E-state index in [2.05, 4.69) is 22.0 Å². The zero-order valence-corrected chi connectivity index (χ0v) is 15.1. The van der Waals surface area contributed by atoms with Gasteiger partial charge in [0.15, 0.2) is 0 Å². The summed E-state index contributed by atoms with van der Waals surface area (Å²) >= 11 is 0. The minimum atomic E-state index is 0.00230. The van der Waals surface area contributed by atoms with E-state index in [1.165, 1.54) is 0 Å². The van der Waals surface area contributed by atoms with Gasteiger partial charge in [0.05, 0.1) is 7.11 Å². The summed E-state index contributed by atoms with van der Waals surface area (Å²) < 4.78 is 7.17. The molecule has 0 radical (unpaired) electrons. The van der Waals surface area contributed by atoms with Gasteiger partial charge < -0.3 is 18.9 Å². The molecule has 0 bridgehead atoms. The second-order valence-corrected chi connectivity index (χ2v) is 6.50. The standard InChI is InChI=1S/C20H22N4O2/c1-15-4-3-5-19-21-18(14-24(15)19)20(25)23-12-10-22(11-13-23)16-6-8-17(26-2)9-7-16/h3-9,14H,10-13H2,1-2H3. The Labute approximate surface area is 152 Å². The molecule has 1 aromatic carbocycles. The van der Waals surface area contributed by atoms with Crippen LogP contribution in [0.5, 0.6) is 5.75 Å². The van der Waals surface area contributed by atoms with Crippen LogP contribution in [0.1, 0.15) is 16.2 Å². The SMILES string of the molecule is COc1ccc(N2CCN(C(=O)c3cn4c(C)cccc4n3)CC2)cc1. The van der Waals surface area contributed by atoms with Gasteiger partial charge in [-0.05, 0) is 43.3 Å². The number of aryl methyl sites for hydroxylation is 1. The number of nitrogens with zero attached hydrogens (tertiary/aromatic N) is 4. The van der Waals surface area contributed by atoms with Crippen molar-refractivity contribution in [2.24, 2.45) is 0 Å². The monoisotopic (exact) mass is 350 g/mol. The molecule has 0 spiro atoms. The first kappa shape index (κ1) is 16.4. The van der Waals surface area contributed by atoms with E-state index in [4.69, 9.17) is 4.74 Å². The first-order chi connectivity index (χ1) is 12.7.